The molecule has 7 heteroatoms. The van der Waals surface area contributed by atoms with E-state index in [4.69, 9.17) is 4.74 Å². The van der Waals surface area contributed by atoms with Crippen LogP contribution in [0, 0.1) is 0 Å². The van der Waals surface area contributed by atoms with Gasteiger partial charge in [-0.25, -0.2) is 9.97 Å². The largest absolute Gasteiger partial charge is 0.451 e. The summed E-state index contributed by atoms with van der Waals surface area (Å²) in [6.07, 6.45) is 2.29. The van der Waals surface area contributed by atoms with E-state index in [2.05, 4.69) is 15.3 Å². The standard InChI is InChI=1S/C18H22N4O3/c1-13(15-8-5-4-6-9-15)21-17(24)14(2)25-16(23)12-22(3)18-19-10-7-11-20-18/h4-11,13-14H,12H2,1-3H3,(H,21,24). The maximum absolute atomic E-state index is 12.2. The Balaban J connectivity index is 1.83. The molecule has 0 aliphatic heterocycles. The fourth-order valence-corrected chi connectivity index (χ4v) is 2.20. The SMILES string of the molecule is CC(OC(=O)CN(C)c1ncccn1)C(=O)NC(C)c1ccccc1. The number of hydrogen-bond donors (Lipinski definition) is 1. The number of aromatic nitrogens is 2. The van der Waals surface area contributed by atoms with Gasteiger partial charge >= 0.3 is 5.97 Å². The van der Waals surface area contributed by atoms with Gasteiger partial charge in [-0.1, -0.05) is 30.3 Å². The van der Waals surface area contributed by atoms with Crippen molar-refractivity contribution in [3.8, 4) is 0 Å². The molecule has 1 aromatic heterocycles. The van der Waals surface area contributed by atoms with Crippen molar-refractivity contribution in [1.29, 1.82) is 0 Å². The van der Waals surface area contributed by atoms with Crippen molar-refractivity contribution >= 4 is 17.8 Å². The maximum atomic E-state index is 12.2. The van der Waals surface area contributed by atoms with Crippen molar-refractivity contribution in [1.82, 2.24) is 15.3 Å². The third kappa shape index (κ3) is 5.56. The fourth-order valence-electron chi connectivity index (χ4n) is 2.20. The summed E-state index contributed by atoms with van der Waals surface area (Å²) in [6, 6.07) is 11.1. The van der Waals surface area contributed by atoms with Gasteiger partial charge < -0.3 is 15.0 Å². The van der Waals surface area contributed by atoms with Gasteiger partial charge in [0.15, 0.2) is 6.10 Å². The van der Waals surface area contributed by atoms with E-state index >= 15 is 0 Å². The van der Waals surface area contributed by atoms with E-state index in [1.165, 1.54) is 0 Å². The number of hydrogen-bond acceptors (Lipinski definition) is 6. The topological polar surface area (TPSA) is 84.4 Å². The molecule has 25 heavy (non-hydrogen) atoms. The van der Waals surface area contributed by atoms with E-state index < -0.39 is 12.1 Å². The molecular formula is C18H22N4O3. The Morgan fingerprint density at radius 2 is 1.76 bits per heavy atom. The molecule has 0 bridgehead atoms. The first-order valence-electron chi connectivity index (χ1n) is 8.00. The van der Waals surface area contributed by atoms with Gasteiger partial charge in [-0.2, -0.15) is 0 Å². The van der Waals surface area contributed by atoms with Crippen LogP contribution in [0.4, 0.5) is 5.95 Å². The number of esters is 1. The minimum absolute atomic E-state index is 0.0458. The first-order valence-corrected chi connectivity index (χ1v) is 8.00. The first-order chi connectivity index (χ1) is 12.0. The molecule has 132 valence electrons. The zero-order valence-electron chi connectivity index (χ0n) is 14.5. The van der Waals surface area contributed by atoms with Crippen LogP contribution in [0.2, 0.25) is 0 Å². The second-order valence-electron chi connectivity index (χ2n) is 5.68. The third-order valence-corrected chi connectivity index (χ3v) is 3.60. The molecule has 1 N–H and O–H groups in total. The average molecular weight is 342 g/mol. The average Bonchev–Trinajstić information content (AvgIpc) is 2.62. The molecule has 2 aromatic rings. The molecule has 1 aromatic carbocycles. The molecule has 0 radical (unpaired) electrons. The Labute approximate surface area is 147 Å². The number of carbonyl (C=O) groups excluding carboxylic acids is 2. The van der Waals surface area contributed by atoms with E-state index in [9.17, 15) is 9.59 Å². The quantitative estimate of drug-likeness (QED) is 0.771. The summed E-state index contributed by atoms with van der Waals surface area (Å²) in [6.45, 7) is 3.38. The molecule has 0 aliphatic carbocycles. The van der Waals surface area contributed by atoms with Gasteiger partial charge in [-0.15, -0.1) is 0 Å². The molecule has 0 spiro atoms. The summed E-state index contributed by atoms with van der Waals surface area (Å²) in [5, 5.41) is 2.83. The lowest BCUT2D eigenvalue weighted by Crippen LogP contribution is -2.39. The molecule has 2 unspecified atom stereocenters. The number of rotatable bonds is 7. The van der Waals surface area contributed by atoms with Gasteiger partial charge in [0.05, 0.1) is 6.04 Å². The summed E-state index contributed by atoms with van der Waals surface area (Å²) in [5.41, 5.74) is 0.982. The number of anilines is 1. The van der Waals surface area contributed by atoms with E-state index in [0.29, 0.717) is 5.95 Å². The van der Waals surface area contributed by atoms with E-state index in [0.717, 1.165) is 5.56 Å². The van der Waals surface area contributed by atoms with Crippen LogP contribution in [0.15, 0.2) is 48.8 Å². The molecule has 1 heterocycles. The Hall–Kier alpha value is -2.96. The number of carbonyl (C=O) groups is 2. The Kier molecular flexibility index (Phi) is 6.45. The van der Waals surface area contributed by atoms with Crippen molar-refractivity contribution in [2.24, 2.45) is 0 Å². The van der Waals surface area contributed by atoms with Crippen LogP contribution in [-0.4, -0.2) is 41.5 Å². The van der Waals surface area contributed by atoms with Crippen LogP contribution in [0.1, 0.15) is 25.5 Å². The smallest absolute Gasteiger partial charge is 0.326 e. The predicted molar refractivity (Wildman–Crippen MR) is 93.9 cm³/mol. The van der Waals surface area contributed by atoms with Crippen molar-refractivity contribution in [3.05, 3.63) is 54.4 Å². The highest BCUT2D eigenvalue weighted by atomic mass is 16.5. The normalized spacial score (nSPS) is 12.8. The van der Waals surface area contributed by atoms with E-state index in [-0.39, 0.29) is 18.5 Å². The molecule has 0 saturated heterocycles. The third-order valence-electron chi connectivity index (χ3n) is 3.60. The number of ether oxygens (including phenoxy) is 1. The van der Waals surface area contributed by atoms with Crippen molar-refractivity contribution in [3.63, 3.8) is 0 Å². The van der Waals surface area contributed by atoms with Crippen LogP contribution >= 0.6 is 0 Å². The van der Waals surface area contributed by atoms with E-state index in [1.54, 1.807) is 37.3 Å². The molecule has 0 saturated carbocycles. The number of nitrogens with one attached hydrogen (secondary N) is 1. The lowest BCUT2D eigenvalue weighted by atomic mass is 10.1. The summed E-state index contributed by atoms with van der Waals surface area (Å²) >= 11 is 0. The molecule has 1 amide bonds. The summed E-state index contributed by atoms with van der Waals surface area (Å²) in [5.74, 6) is -0.456. The van der Waals surface area contributed by atoms with Gasteiger partial charge in [0.25, 0.3) is 5.91 Å². The van der Waals surface area contributed by atoms with Crippen LogP contribution in [0.3, 0.4) is 0 Å². The minimum atomic E-state index is -0.885. The summed E-state index contributed by atoms with van der Waals surface area (Å²) in [4.78, 5) is 33.8. The number of benzene rings is 1. The minimum Gasteiger partial charge on any atom is -0.451 e. The summed E-state index contributed by atoms with van der Waals surface area (Å²) in [7, 11) is 1.68. The number of nitrogens with zero attached hydrogens (tertiary/aromatic N) is 3. The van der Waals surface area contributed by atoms with Gasteiger partial charge in [-0.05, 0) is 25.5 Å². The van der Waals surface area contributed by atoms with Gasteiger partial charge in [0.1, 0.15) is 6.54 Å². The van der Waals surface area contributed by atoms with Crippen LogP contribution < -0.4 is 10.2 Å². The number of likely N-dealkylation sites (N-methyl/N-ethyl adjacent to an activating group) is 1. The monoisotopic (exact) mass is 342 g/mol. The summed E-state index contributed by atoms with van der Waals surface area (Å²) < 4.78 is 5.19. The predicted octanol–water partition coefficient (Wildman–Crippen LogP) is 1.72. The van der Waals surface area contributed by atoms with Crippen LogP contribution in [-0.2, 0) is 14.3 Å². The zero-order chi connectivity index (χ0) is 18.2. The molecule has 2 rings (SSSR count). The highest BCUT2D eigenvalue weighted by molar-refractivity contribution is 5.84. The first kappa shape index (κ1) is 18.4. The highest BCUT2D eigenvalue weighted by Crippen LogP contribution is 2.11. The molecule has 2 atom stereocenters. The lowest BCUT2D eigenvalue weighted by Gasteiger charge is -2.20. The Morgan fingerprint density at radius 3 is 2.40 bits per heavy atom. The highest BCUT2D eigenvalue weighted by Gasteiger charge is 2.21. The van der Waals surface area contributed by atoms with Gasteiger partial charge in [0, 0.05) is 19.4 Å². The second-order valence-corrected chi connectivity index (χ2v) is 5.68. The van der Waals surface area contributed by atoms with Gasteiger partial charge in [-0.3, -0.25) is 9.59 Å². The van der Waals surface area contributed by atoms with E-state index in [1.807, 2.05) is 37.3 Å². The maximum Gasteiger partial charge on any atom is 0.326 e. The van der Waals surface area contributed by atoms with Crippen molar-refractivity contribution in [2.45, 2.75) is 26.0 Å². The molecule has 0 aliphatic rings. The molecule has 7 nitrogen and oxygen atoms in total. The Bertz CT molecular complexity index is 694. The van der Waals surface area contributed by atoms with Crippen molar-refractivity contribution < 1.29 is 14.3 Å². The Morgan fingerprint density at radius 1 is 1.12 bits per heavy atom. The van der Waals surface area contributed by atoms with Crippen LogP contribution in [0.25, 0.3) is 0 Å². The van der Waals surface area contributed by atoms with Crippen LogP contribution in [0.5, 0.6) is 0 Å². The fraction of sp³-hybridized carbons (Fsp3) is 0.333. The molecular weight excluding hydrogens is 320 g/mol. The van der Waals surface area contributed by atoms with Gasteiger partial charge in [0.2, 0.25) is 5.95 Å². The second kappa shape index (κ2) is 8.77. The molecule has 0 fully saturated rings. The zero-order valence-corrected chi connectivity index (χ0v) is 14.5. The number of amides is 1. The lowest BCUT2D eigenvalue weighted by molar-refractivity contribution is -0.153. The van der Waals surface area contributed by atoms with Crippen molar-refractivity contribution in [2.75, 3.05) is 18.5 Å².